The number of piperidine rings is 1. The summed E-state index contributed by atoms with van der Waals surface area (Å²) in [5.74, 6) is -0.644. The molecule has 1 aromatic heterocycles. The molecule has 3 heterocycles. The Kier molecular flexibility index (Phi) is 6.67. The molecule has 192 valence electrons. The summed E-state index contributed by atoms with van der Waals surface area (Å²) in [5.41, 5.74) is 3.88. The summed E-state index contributed by atoms with van der Waals surface area (Å²) < 4.78 is 47.3. The molecule has 2 aromatic carbocycles. The zero-order valence-corrected chi connectivity index (χ0v) is 19.7. The van der Waals surface area contributed by atoms with E-state index in [4.69, 9.17) is 4.74 Å². The number of hydrogen-bond acceptors (Lipinski definition) is 6. The van der Waals surface area contributed by atoms with Gasteiger partial charge in [0.1, 0.15) is 11.8 Å². The average Bonchev–Trinajstić information content (AvgIpc) is 3.24. The maximum absolute atomic E-state index is 13.1. The van der Waals surface area contributed by atoms with Crippen LogP contribution in [0, 0.1) is 0 Å². The van der Waals surface area contributed by atoms with Crippen molar-refractivity contribution >= 4 is 16.9 Å². The average molecular weight is 504 g/mol. The van der Waals surface area contributed by atoms with E-state index in [1.54, 1.807) is 12.1 Å². The second-order valence-corrected chi connectivity index (χ2v) is 9.25. The van der Waals surface area contributed by atoms with Gasteiger partial charge in [-0.3, -0.25) is 9.69 Å². The number of esters is 1. The lowest BCUT2D eigenvalue weighted by atomic mass is 9.79. The van der Waals surface area contributed by atoms with Gasteiger partial charge in [0, 0.05) is 41.6 Å². The van der Waals surface area contributed by atoms with E-state index in [-0.39, 0.29) is 36.5 Å². The summed E-state index contributed by atoms with van der Waals surface area (Å²) in [6.07, 6.45) is -3.01. The van der Waals surface area contributed by atoms with Gasteiger partial charge in [0.15, 0.2) is 0 Å². The van der Waals surface area contributed by atoms with Crippen molar-refractivity contribution in [1.29, 1.82) is 0 Å². The number of fused-ring (bicyclic) bond motifs is 5. The summed E-state index contributed by atoms with van der Waals surface area (Å²) in [5, 5.41) is 13.8. The highest BCUT2D eigenvalue weighted by atomic mass is 19.4. The lowest BCUT2D eigenvalue weighted by Crippen LogP contribution is -2.55. The third kappa shape index (κ3) is 4.68. The molecule has 3 aromatic rings. The van der Waals surface area contributed by atoms with Crippen LogP contribution in [0.5, 0.6) is 5.75 Å². The summed E-state index contributed by atoms with van der Waals surface area (Å²) in [7, 11) is 1.37. The number of nitrogens with zero attached hydrogens (tertiary/aromatic N) is 1. The fourth-order valence-electron chi connectivity index (χ4n) is 5.80. The molecule has 0 amide bonds. The van der Waals surface area contributed by atoms with Gasteiger partial charge in [0.2, 0.25) is 0 Å². The highest BCUT2D eigenvalue weighted by Gasteiger charge is 2.48. The molecule has 0 spiro atoms. The van der Waals surface area contributed by atoms with Gasteiger partial charge in [0.05, 0.1) is 19.8 Å². The molecule has 0 aliphatic carbocycles. The van der Waals surface area contributed by atoms with Crippen LogP contribution in [0.4, 0.5) is 13.2 Å². The number of para-hydroxylation sites is 1. The standard InChI is InChI=1S/C26H28F3N3O4/c1-35-25(34)23-14-19-18-4-2-3-5-20(18)31-24(19)22-13-16(30-10-11-33)12-21(32(22)23)15-6-8-17(9-7-15)36-26(27,28)29/h2-9,16,21-23,30-31,33H,10-14H2,1H3/t16-,21+,22+,23+/m1/s1. The minimum atomic E-state index is -4.77. The minimum Gasteiger partial charge on any atom is -0.468 e. The van der Waals surface area contributed by atoms with Crippen molar-refractivity contribution in [1.82, 2.24) is 15.2 Å². The van der Waals surface area contributed by atoms with E-state index in [0.717, 1.165) is 27.7 Å². The van der Waals surface area contributed by atoms with Crippen molar-refractivity contribution in [3.63, 3.8) is 0 Å². The number of carbonyl (C=O) groups is 1. The molecule has 10 heteroatoms. The maximum Gasteiger partial charge on any atom is 0.573 e. The SMILES string of the molecule is COC(=O)[C@@H]1Cc2c([nH]c3ccccc23)[C@@H]2C[C@H](NCCO)C[C@@H](c3ccc(OC(F)(F)F)cc3)N12. The van der Waals surface area contributed by atoms with Crippen LogP contribution in [-0.2, 0) is 16.0 Å². The monoisotopic (exact) mass is 503 g/mol. The molecule has 0 unspecified atom stereocenters. The van der Waals surface area contributed by atoms with Crippen molar-refractivity contribution in [2.24, 2.45) is 0 Å². The molecule has 36 heavy (non-hydrogen) atoms. The first-order valence-electron chi connectivity index (χ1n) is 11.9. The summed E-state index contributed by atoms with van der Waals surface area (Å²) in [6.45, 7) is 0.407. The van der Waals surface area contributed by atoms with Crippen molar-refractivity contribution in [3.05, 3.63) is 65.4 Å². The van der Waals surface area contributed by atoms with E-state index >= 15 is 0 Å². The number of H-pyrrole nitrogens is 1. The Hall–Kier alpha value is -3.08. The quantitative estimate of drug-likeness (QED) is 0.441. The molecule has 7 nitrogen and oxygen atoms in total. The first kappa shape index (κ1) is 24.6. The Labute approximate surface area is 206 Å². The number of nitrogens with one attached hydrogen (secondary N) is 2. The normalized spacial score (nSPS) is 24.2. The molecule has 3 N–H and O–H groups in total. The number of benzene rings is 2. The molecule has 1 fully saturated rings. The number of halogens is 3. The molecule has 2 aliphatic heterocycles. The third-order valence-electron chi connectivity index (χ3n) is 7.19. The van der Waals surface area contributed by atoms with Crippen molar-refractivity contribution in [2.75, 3.05) is 20.3 Å². The number of carbonyl (C=O) groups excluding carboxylic acids is 1. The fourth-order valence-corrected chi connectivity index (χ4v) is 5.80. The number of hydrogen-bond donors (Lipinski definition) is 3. The second kappa shape index (κ2) is 9.76. The van der Waals surface area contributed by atoms with Gasteiger partial charge in [-0.1, -0.05) is 30.3 Å². The lowest BCUT2D eigenvalue weighted by molar-refractivity contribution is -0.274. The van der Waals surface area contributed by atoms with Gasteiger partial charge in [-0.2, -0.15) is 0 Å². The highest BCUT2D eigenvalue weighted by molar-refractivity contribution is 5.87. The maximum atomic E-state index is 13.1. The molecule has 4 atom stereocenters. The minimum absolute atomic E-state index is 0.0125. The molecule has 0 saturated carbocycles. The first-order valence-corrected chi connectivity index (χ1v) is 11.9. The van der Waals surface area contributed by atoms with E-state index < -0.39 is 12.4 Å². The lowest BCUT2D eigenvalue weighted by Gasteiger charge is -2.50. The Morgan fingerprint density at radius 1 is 1.14 bits per heavy atom. The fraction of sp³-hybridized carbons (Fsp3) is 0.423. The topological polar surface area (TPSA) is 86.8 Å². The van der Waals surface area contributed by atoms with Crippen LogP contribution in [-0.4, -0.2) is 59.7 Å². The molecule has 0 bridgehead atoms. The van der Waals surface area contributed by atoms with Crippen LogP contribution in [0.3, 0.4) is 0 Å². The van der Waals surface area contributed by atoms with E-state index in [1.807, 2.05) is 24.3 Å². The van der Waals surface area contributed by atoms with Gasteiger partial charge in [-0.05, 0) is 42.2 Å². The largest absolute Gasteiger partial charge is 0.573 e. The number of aromatic amines is 1. The smallest absolute Gasteiger partial charge is 0.468 e. The van der Waals surface area contributed by atoms with Gasteiger partial charge in [-0.25, -0.2) is 0 Å². The summed E-state index contributed by atoms with van der Waals surface area (Å²) in [4.78, 5) is 18.8. The predicted octanol–water partition coefficient (Wildman–Crippen LogP) is 3.99. The number of aromatic nitrogens is 1. The van der Waals surface area contributed by atoms with Gasteiger partial charge in [-0.15, -0.1) is 13.2 Å². The predicted molar refractivity (Wildman–Crippen MR) is 126 cm³/mol. The summed E-state index contributed by atoms with van der Waals surface area (Å²) >= 11 is 0. The van der Waals surface area contributed by atoms with Gasteiger partial charge < -0.3 is 24.9 Å². The number of methoxy groups -OCH3 is 1. The van der Waals surface area contributed by atoms with Crippen molar-refractivity contribution in [3.8, 4) is 5.75 Å². The zero-order valence-electron chi connectivity index (χ0n) is 19.7. The number of rotatable bonds is 6. The third-order valence-corrected chi connectivity index (χ3v) is 7.19. The van der Waals surface area contributed by atoms with Crippen molar-refractivity contribution < 1.29 is 32.5 Å². The first-order chi connectivity index (χ1) is 17.3. The Morgan fingerprint density at radius 3 is 2.56 bits per heavy atom. The Bertz CT molecular complexity index is 1230. The van der Waals surface area contributed by atoms with Crippen LogP contribution in [0.25, 0.3) is 10.9 Å². The summed E-state index contributed by atoms with van der Waals surface area (Å²) in [6, 6.07) is 12.8. The van der Waals surface area contributed by atoms with Crippen LogP contribution in [0.2, 0.25) is 0 Å². The Morgan fingerprint density at radius 2 is 1.86 bits per heavy atom. The Balaban J connectivity index is 1.58. The molecule has 0 radical (unpaired) electrons. The molecular formula is C26H28F3N3O4. The number of aliphatic hydroxyl groups excluding tert-OH is 1. The zero-order chi connectivity index (χ0) is 25.4. The van der Waals surface area contributed by atoms with Crippen molar-refractivity contribution in [2.45, 2.75) is 49.8 Å². The van der Waals surface area contributed by atoms with Crippen LogP contribution < -0.4 is 10.1 Å². The van der Waals surface area contributed by atoms with E-state index in [2.05, 4.69) is 19.9 Å². The number of ether oxygens (including phenoxy) is 2. The van der Waals surface area contributed by atoms with Crippen LogP contribution in [0.1, 0.15) is 41.7 Å². The highest BCUT2D eigenvalue weighted by Crippen LogP contribution is 2.49. The van der Waals surface area contributed by atoms with Gasteiger partial charge >= 0.3 is 12.3 Å². The molecule has 1 saturated heterocycles. The second-order valence-electron chi connectivity index (χ2n) is 9.25. The van der Waals surface area contributed by atoms with E-state index in [0.29, 0.717) is 25.8 Å². The molecular weight excluding hydrogens is 475 g/mol. The van der Waals surface area contributed by atoms with Gasteiger partial charge in [0.25, 0.3) is 0 Å². The number of aliphatic hydroxyl groups is 1. The van der Waals surface area contributed by atoms with E-state index in [1.165, 1.54) is 19.2 Å². The van der Waals surface area contributed by atoms with Crippen LogP contribution in [0.15, 0.2) is 48.5 Å². The van der Waals surface area contributed by atoms with Crippen LogP contribution >= 0.6 is 0 Å². The molecule has 2 aliphatic rings. The molecule has 5 rings (SSSR count). The van der Waals surface area contributed by atoms with E-state index in [9.17, 15) is 23.1 Å². The number of alkyl halides is 3.